The summed E-state index contributed by atoms with van der Waals surface area (Å²) >= 11 is 0. The van der Waals surface area contributed by atoms with Crippen molar-refractivity contribution in [3.8, 4) is 0 Å². The first kappa shape index (κ1) is 55.8. The van der Waals surface area contributed by atoms with Crippen molar-refractivity contribution in [2.75, 3.05) is 33.0 Å². The Hall–Kier alpha value is -1.18. The maximum Gasteiger partial charge on any atom is 0.306 e. The number of carbonyl (C=O) groups excluding carboxylic acids is 2. The number of hydrogen-bond acceptors (Lipinski definition) is 7. The van der Waals surface area contributed by atoms with E-state index in [0.717, 1.165) is 38.5 Å². The molecule has 1 unspecified atom stereocenters. The maximum atomic E-state index is 12.8. The van der Waals surface area contributed by atoms with Crippen LogP contribution in [0, 0.1) is 0 Å². The third-order valence-electron chi connectivity index (χ3n) is 11.0. The molecule has 57 heavy (non-hydrogen) atoms. The van der Waals surface area contributed by atoms with Gasteiger partial charge in [-0.25, -0.2) is 0 Å². The Morgan fingerprint density at radius 1 is 0.421 bits per heavy atom. The van der Waals surface area contributed by atoms with Crippen molar-refractivity contribution < 1.29 is 33.3 Å². The topological polar surface area (TPSA) is 80.3 Å². The monoisotopic (exact) mass is 811 g/mol. The summed E-state index contributed by atoms with van der Waals surface area (Å²) in [6.07, 6.45) is 39.6. The fourth-order valence-electron chi connectivity index (χ4n) is 7.17. The predicted molar refractivity (Wildman–Crippen MR) is 241 cm³/mol. The predicted octanol–water partition coefficient (Wildman–Crippen LogP) is 15.0. The van der Waals surface area contributed by atoms with E-state index in [-0.39, 0.29) is 36.4 Å². The van der Waals surface area contributed by atoms with Crippen molar-refractivity contribution in [1.82, 2.24) is 0 Å². The van der Waals surface area contributed by atoms with E-state index in [0.29, 0.717) is 32.7 Å². The summed E-state index contributed by atoms with van der Waals surface area (Å²) in [4.78, 5) is 25.4. The molecule has 0 aromatic carbocycles. The molecule has 0 bridgehead atoms. The number of ether oxygens (including phenoxy) is 5. The first-order chi connectivity index (χ1) is 27.5. The minimum atomic E-state index is -0.618. The number of rotatable bonds is 44. The third kappa shape index (κ3) is 44.2. The van der Waals surface area contributed by atoms with E-state index in [1.165, 1.54) is 161 Å². The second-order valence-electron chi connectivity index (χ2n) is 18.6. The minimum Gasteiger partial charge on any atom is -0.462 e. The van der Waals surface area contributed by atoms with Gasteiger partial charge in [-0.05, 0) is 53.9 Å². The first-order valence-electron chi connectivity index (χ1n) is 24.7. The molecule has 0 aromatic rings. The molecule has 340 valence electrons. The molecule has 0 heterocycles. The second-order valence-corrected chi connectivity index (χ2v) is 18.6. The van der Waals surface area contributed by atoms with E-state index in [9.17, 15) is 9.59 Å². The standard InChI is InChI=1S/C50H98O7/c1-8-10-12-14-16-18-20-22-24-26-28-30-32-34-36-38-47(51)54-45-46(44-53-42-43-56-50(6,7)40-41-55-49(3,4)5)57-48(52)39-37-35-33-31-29-27-25-23-21-19-17-15-13-11-9-2/h46H,8-45H2,1-7H3. The number of hydrogen-bond donors (Lipinski definition) is 0. The van der Waals surface area contributed by atoms with Crippen LogP contribution in [-0.2, 0) is 33.3 Å². The lowest BCUT2D eigenvalue weighted by atomic mass is 10.0. The molecule has 0 aliphatic heterocycles. The average molecular weight is 811 g/mol. The van der Waals surface area contributed by atoms with Crippen LogP contribution in [0.3, 0.4) is 0 Å². The van der Waals surface area contributed by atoms with Gasteiger partial charge in [0, 0.05) is 19.4 Å². The van der Waals surface area contributed by atoms with E-state index in [1.807, 2.05) is 0 Å². The summed E-state index contributed by atoms with van der Waals surface area (Å²) in [5.74, 6) is -0.469. The molecule has 0 saturated heterocycles. The molecule has 0 amide bonds. The fourth-order valence-corrected chi connectivity index (χ4v) is 7.17. The average Bonchev–Trinajstić information content (AvgIpc) is 3.16. The van der Waals surface area contributed by atoms with E-state index in [4.69, 9.17) is 23.7 Å². The van der Waals surface area contributed by atoms with Crippen molar-refractivity contribution in [2.45, 2.75) is 278 Å². The zero-order valence-electron chi connectivity index (χ0n) is 39.3. The summed E-state index contributed by atoms with van der Waals surface area (Å²) in [5, 5.41) is 0. The van der Waals surface area contributed by atoms with Crippen LogP contribution in [0.4, 0.5) is 0 Å². The van der Waals surface area contributed by atoms with Gasteiger partial charge in [-0.2, -0.15) is 0 Å². The Kier molecular flexibility index (Phi) is 39.4. The van der Waals surface area contributed by atoms with Crippen LogP contribution in [0.25, 0.3) is 0 Å². The van der Waals surface area contributed by atoms with E-state index in [2.05, 4.69) is 48.5 Å². The molecule has 0 spiro atoms. The fraction of sp³-hybridized carbons (Fsp3) is 0.960. The molecule has 0 rings (SSSR count). The number of esters is 2. The lowest BCUT2D eigenvalue weighted by Gasteiger charge is -2.28. The highest BCUT2D eigenvalue weighted by Crippen LogP contribution is 2.18. The molecule has 0 fully saturated rings. The van der Waals surface area contributed by atoms with Gasteiger partial charge < -0.3 is 23.7 Å². The van der Waals surface area contributed by atoms with E-state index < -0.39 is 6.10 Å². The van der Waals surface area contributed by atoms with Gasteiger partial charge in [0.15, 0.2) is 6.10 Å². The molecule has 0 radical (unpaired) electrons. The Bertz CT molecular complexity index is 867. The zero-order chi connectivity index (χ0) is 42.1. The molecular weight excluding hydrogens is 713 g/mol. The van der Waals surface area contributed by atoms with Crippen molar-refractivity contribution in [3.63, 3.8) is 0 Å². The van der Waals surface area contributed by atoms with Gasteiger partial charge in [0.2, 0.25) is 0 Å². The normalized spacial score (nSPS) is 12.6. The molecular formula is C50H98O7. The highest BCUT2D eigenvalue weighted by molar-refractivity contribution is 5.70. The van der Waals surface area contributed by atoms with Gasteiger partial charge in [-0.1, -0.05) is 194 Å². The van der Waals surface area contributed by atoms with Crippen LogP contribution < -0.4 is 0 Å². The molecule has 1 atom stereocenters. The smallest absolute Gasteiger partial charge is 0.306 e. The Morgan fingerprint density at radius 3 is 1.18 bits per heavy atom. The highest BCUT2D eigenvalue weighted by Gasteiger charge is 2.21. The summed E-state index contributed by atoms with van der Waals surface area (Å²) < 4.78 is 29.2. The van der Waals surface area contributed by atoms with Crippen LogP contribution >= 0.6 is 0 Å². The van der Waals surface area contributed by atoms with Gasteiger partial charge in [0.25, 0.3) is 0 Å². The lowest BCUT2D eigenvalue weighted by Crippen LogP contribution is -2.32. The SMILES string of the molecule is CCCCCCCCCCCCCCCCCC(=O)OCC(COCCOC(C)(C)CCOC(C)(C)C)OC(=O)CCCCCCCCCCCCCCCCC. The molecule has 0 aromatic heterocycles. The highest BCUT2D eigenvalue weighted by atomic mass is 16.6. The van der Waals surface area contributed by atoms with Crippen LogP contribution in [0.2, 0.25) is 0 Å². The van der Waals surface area contributed by atoms with Crippen LogP contribution in [0.15, 0.2) is 0 Å². The van der Waals surface area contributed by atoms with Crippen molar-refractivity contribution in [1.29, 1.82) is 0 Å². The van der Waals surface area contributed by atoms with Crippen LogP contribution in [0.1, 0.15) is 260 Å². The first-order valence-corrected chi connectivity index (χ1v) is 24.7. The molecule has 7 heteroatoms. The Balaban J connectivity index is 4.32. The summed E-state index contributed by atoms with van der Waals surface area (Å²) in [7, 11) is 0. The van der Waals surface area contributed by atoms with Gasteiger partial charge in [-0.3, -0.25) is 9.59 Å². The Morgan fingerprint density at radius 2 is 0.789 bits per heavy atom. The molecule has 0 aliphatic carbocycles. The van der Waals surface area contributed by atoms with Gasteiger partial charge in [0.1, 0.15) is 6.61 Å². The maximum absolute atomic E-state index is 12.8. The summed E-state index contributed by atoms with van der Waals surface area (Å²) in [5.41, 5.74) is -0.510. The number of unbranched alkanes of at least 4 members (excludes halogenated alkanes) is 28. The third-order valence-corrected chi connectivity index (χ3v) is 11.0. The van der Waals surface area contributed by atoms with E-state index in [1.54, 1.807) is 0 Å². The molecule has 0 saturated carbocycles. The molecule has 0 N–H and O–H groups in total. The van der Waals surface area contributed by atoms with Crippen LogP contribution in [-0.4, -0.2) is 62.3 Å². The summed E-state index contributed by atoms with van der Waals surface area (Å²) in [6.45, 7) is 16.4. The van der Waals surface area contributed by atoms with Crippen molar-refractivity contribution >= 4 is 11.9 Å². The van der Waals surface area contributed by atoms with Gasteiger partial charge in [0.05, 0.1) is 31.0 Å². The van der Waals surface area contributed by atoms with Crippen molar-refractivity contribution in [3.05, 3.63) is 0 Å². The second kappa shape index (κ2) is 40.2. The largest absolute Gasteiger partial charge is 0.462 e. The molecule has 7 nitrogen and oxygen atoms in total. The number of carbonyl (C=O) groups is 2. The quantitative estimate of drug-likeness (QED) is 0.0448. The van der Waals surface area contributed by atoms with Crippen molar-refractivity contribution in [2.24, 2.45) is 0 Å². The Labute approximate surface area is 355 Å². The summed E-state index contributed by atoms with van der Waals surface area (Å²) in [6, 6.07) is 0. The van der Waals surface area contributed by atoms with E-state index >= 15 is 0 Å². The lowest BCUT2D eigenvalue weighted by molar-refractivity contribution is -0.163. The zero-order valence-corrected chi connectivity index (χ0v) is 39.3. The van der Waals surface area contributed by atoms with Gasteiger partial charge in [-0.15, -0.1) is 0 Å². The van der Waals surface area contributed by atoms with Gasteiger partial charge >= 0.3 is 11.9 Å². The molecule has 0 aliphatic rings. The minimum absolute atomic E-state index is 0.0265. The van der Waals surface area contributed by atoms with Crippen LogP contribution in [0.5, 0.6) is 0 Å².